The molecule has 1 amide bonds. The van der Waals surface area contributed by atoms with Crippen molar-refractivity contribution in [2.24, 2.45) is 0 Å². The Balaban J connectivity index is 1.64. The van der Waals surface area contributed by atoms with Gasteiger partial charge in [0, 0.05) is 22.8 Å². The number of fused-ring (bicyclic) bond motifs is 1. The molecule has 0 saturated heterocycles. The summed E-state index contributed by atoms with van der Waals surface area (Å²) in [7, 11) is 0. The van der Waals surface area contributed by atoms with E-state index in [2.05, 4.69) is 15.0 Å². The Hall–Kier alpha value is -4.34. The molecule has 2 aromatic heterocycles. The van der Waals surface area contributed by atoms with Crippen LogP contribution in [0.5, 0.6) is 11.6 Å². The molecule has 0 aliphatic carbocycles. The number of para-hydroxylation sites is 1. The van der Waals surface area contributed by atoms with Crippen molar-refractivity contribution in [3.63, 3.8) is 0 Å². The van der Waals surface area contributed by atoms with Gasteiger partial charge in [-0.25, -0.2) is 9.78 Å². The van der Waals surface area contributed by atoms with Gasteiger partial charge >= 0.3 is 12.0 Å². The Morgan fingerprint density at radius 2 is 1.88 bits per heavy atom. The number of pyridine rings is 1. The van der Waals surface area contributed by atoms with Gasteiger partial charge in [0.15, 0.2) is 11.3 Å². The Labute approximate surface area is 190 Å². The first-order valence-corrected chi connectivity index (χ1v) is 10.1. The summed E-state index contributed by atoms with van der Waals surface area (Å²) in [5.74, 6) is -1.03. The van der Waals surface area contributed by atoms with Gasteiger partial charge < -0.3 is 19.2 Å². The van der Waals surface area contributed by atoms with Crippen molar-refractivity contribution >= 4 is 22.6 Å². The van der Waals surface area contributed by atoms with E-state index in [0.29, 0.717) is 29.3 Å². The fourth-order valence-corrected chi connectivity index (χ4v) is 3.31. The van der Waals surface area contributed by atoms with E-state index in [9.17, 15) is 22.8 Å². The molecule has 0 bridgehead atoms. The normalized spacial score (nSPS) is 11.3. The largest absolute Gasteiger partial charge is 0.573 e. The van der Waals surface area contributed by atoms with Gasteiger partial charge in [0.1, 0.15) is 5.56 Å². The van der Waals surface area contributed by atoms with Crippen LogP contribution in [0.15, 0.2) is 76.1 Å². The van der Waals surface area contributed by atoms with Crippen LogP contribution in [0.3, 0.4) is 0 Å². The lowest BCUT2D eigenvalue weighted by Gasteiger charge is -2.12. The third-order valence-electron chi connectivity index (χ3n) is 4.68. The second-order valence-electron chi connectivity index (χ2n) is 6.99. The third kappa shape index (κ3) is 5.01. The van der Waals surface area contributed by atoms with Crippen molar-refractivity contribution in [1.29, 1.82) is 0 Å². The van der Waals surface area contributed by atoms with E-state index in [1.807, 2.05) is 19.1 Å². The predicted molar refractivity (Wildman–Crippen MR) is 118 cm³/mol. The zero-order valence-corrected chi connectivity index (χ0v) is 17.7. The molecule has 0 saturated carbocycles. The SMILES string of the molecule is CCOc1ncccc1-c1cccc(NC(=O)c2cc3cccc(OC(F)(F)F)c3oc2=O)c1. The molecule has 0 radical (unpaired) electrons. The van der Waals surface area contributed by atoms with Gasteiger partial charge in [0.05, 0.1) is 6.61 Å². The molecule has 2 heterocycles. The molecule has 174 valence electrons. The Morgan fingerprint density at radius 3 is 2.65 bits per heavy atom. The number of anilines is 1. The summed E-state index contributed by atoms with van der Waals surface area (Å²) < 4.78 is 52.3. The predicted octanol–water partition coefficient (Wildman–Crippen LogP) is 5.40. The molecule has 10 heteroatoms. The van der Waals surface area contributed by atoms with Crippen LogP contribution in [-0.2, 0) is 0 Å². The number of carbonyl (C=O) groups is 1. The highest BCUT2D eigenvalue weighted by atomic mass is 19.4. The van der Waals surface area contributed by atoms with Crippen molar-refractivity contribution in [2.45, 2.75) is 13.3 Å². The topological polar surface area (TPSA) is 90.7 Å². The number of nitrogens with zero attached hydrogens (tertiary/aromatic N) is 1. The minimum atomic E-state index is -4.97. The average molecular weight is 470 g/mol. The van der Waals surface area contributed by atoms with Gasteiger partial charge in [-0.05, 0) is 48.9 Å². The summed E-state index contributed by atoms with van der Waals surface area (Å²) in [5.41, 5.74) is -0.0914. The number of hydrogen-bond acceptors (Lipinski definition) is 6. The van der Waals surface area contributed by atoms with Crippen molar-refractivity contribution < 1.29 is 31.9 Å². The maximum Gasteiger partial charge on any atom is 0.573 e. The van der Waals surface area contributed by atoms with Gasteiger partial charge in [0.2, 0.25) is 5.88 Å². The maximum absolute atomic E-state index is 12.8. The van der Waals surface area contributed by atoms with E-state index in [1.165, 1.54) is 12.1 Å². The fraction of sp³-hybridized carbons (Fsp3) is 0.125. The molecule has 0 unspecified atom stereocenters. The first-order valence-electron chi connectivity index (χ1n) is 10.1. The van der Waals surface area contributed by atoms with Crippen LogP contribution in [0.25, 0.3) is 22.1 Å². The standard InChI is InChI=1S/C24H17F3N2O5/c1-2-32-22-17(9-5-11-28-22)14-6-3-8-16(12-14)29-21(30)18-13-15-7-4-10-19(34-24(25,26)27)20(15)33-23(18)31/h3-13H,2H2,1H3,(H,29,30). The van der Waals surface area contributed by atoms with Gasteiger partial charge in [0.25, 0.3) is 5.91 Å². The molecule has 0 spiro atoms. The van der Waals surface area contributed by atoms with E-state index in [-0.39, 0.29) is 10.9 Å². The minimum absolute atomic E-state index is 0.0944. The number of carbonyl (C=O) groups excluding carboxylic acids is 1. The molecule has 7 nitrogen and oxygen atoms in total. The Morgan fingerprint density at radius 1 is 1.09 bits per heavy atom. The smallest absolute Gasteiger partial charge is 0.478 e. The maximum atomic E-state index is 12.8. The van der Waals surface area contributed by atoms with Crippen LogP contribution in [0.4, 0.5) is 18.9 Å². The number of benzene rings is 2. The van der Waals surface area contributed by atoms with Crippen LogP contribution in [0, 0.1) is 0 Å². The molecule has 0 aliphatic heterocycles. The monoisotopic (exact) mass is 470 g/mol. The van der Waals surface area contributed by atoms with Gasteiger partial charge in [-0.3, -0.25) is 4.79 Å². The number of amides is 1. The van der Waals surface area contributed by atoms with Crippen molar-refractivity contribution in [3.05, 3.63) is 82.8 Å². The number of aromatic nitrogens is 1. The molecular weight excluding hydrogens is 453 g/mol. The lowest BCUT2D eigenvalue weighted by molar-refractivity contribution is -0.274. The molecule has 1 N–H and O–H groups in total. The molecule has 4 rings (SSSR count). The van der Waals surface area contributed by atoms with Crippen LogP contribution in [-0.4, -0.2) is 23.9 Å². The van der Waals surface area contributed by atoms with Crippen LogP contribution in [0.2, 0.25) is 0 Å². The first-order chi connectivity index (χ1) is 16.2. The van der Waals surface area contributed by atoms with Crippen LogP contribution in [0.1, 0.15) is 17.3 Å². The van der Waals surface area contributed by atoms with Crippen molar-refractivity contribution in [1.82, 2.24) is 4.98 Å². The second-order valence-corrected chi connectivity index (χ2v) is 6.99. The van der Waals surface area contributed by atoms with Gasteiger partial charge in [-0.15, -0.1) is 13.2 Å². The average Bonchev–Trinajstić information content (AvgIpc) is 2.79. The summed E-state index contributed by atoms with van der Waals surface area (Å²) in [4.78, 5) is 29.4. The number of hydrogen-bond donors (Lipinski definition) is 1. The lowest BCUT2D eigenvalue weighted by atomic mass is 10.1. The first kappa shape index (κ1) is 22.8. The quantitative estimate of drug-likeness (QED) is 0.379. The summed E-state index contributed by atoms with van der Waals surface area (Å²) in [6.07, 6.45) is -3.37. The zero-order valence-electron chi connectivity index (χ0n) is 17.7. The van der Waals surface area contributed by atoms with E-state index in [4.69, 9.17) is 9.15 Å². The number of nitrogens with one attached hydrogen (secondary N) is 1. The highest BCUT2D eigenvalue weighted by Crippen LogP contribution is 2.31. The molecule has 0 aliphatic rings. The number of rotatable bonds is 6. The summed E-state index contributed by atoms with van der Waals surface area (Å²) in [6.45, 7) is 2.26. The van der Waals surface area contributed by atoms with E-state index in [1.54, 1.807) is 30.5 Å². The summed E-state index contributed by atoms with van der Waals surface area (Å²) in [6, 6.07) is 15.2. The Kier molecular flexibility index (Phi) is 6.22. The molecule has 34 heavy (non-hydrogen) atoms. The highest BCUT2D eigenvalue weighted by Gasteiger charge is 2.32. The van der Waals surface area contributed by atoms with E-state index < -0.39 is 29.2 Å². The Bertz CT molecular complexity index is 1420. The third-order valence-corrected chi connectivity index (χ3v) is 4.68. The number of alkyl halides is 3. The molecule has 2 aromatic carbocycles. The van der Waals surface area contributed by atoms with Crippen LogP contribution >= 0.6 is 0 Å². The summed E-state index contributed by atoms with van der Waals surface area (Å²) in [5, 5.41) is 2.70. The highest BCUT2D eigenvalue weighted by molar-refractivity contribution is 6.06. The van der Waals surface area contributed by atoms with Crippen molar-refractivity contribution in [3.8, 4) is 22.8 Å². The summed E-state index contributed by atoms with van der Waals surface area (Å²) >= 11 is 0. The number of halogens is 3. The molecular formula is C24H17F3N2O5. The van der Waals surface area contributed by atoms with Gasteiger partial charge in [-0.2, -0.15) is 0 Å². The van der Waals surface area contributed by atoms with E-state index in [0.717, 1.165) is 12.1 Å². The van der Waals surface area contributed by atoms with Crippen LogP contribution < -0.4 is 20.4 Å². The van der Waals surface area contributed by atoms with Crippen molar-refractivity contribution in [2.75, 3.05) is 11.9 Å². The van der Waals surface area contributed by atoms with E-state index >= 15 is 0 Å². The number of ether oxygens (including phenoxy) is 2. The fourth-order valence-electron chi connectivity index (χ4n) is 3.31. The molecule has 0 atom stereocenters. The molecule has 4 aromatic rings. The zero-order chi connectivity index (χ0) is 24.3. The minimum Gasteiger partial charge on any atom is -0.478 e. The second kappa shape index (κ2) is 9.26. The molecule has 0 fully saturated rings. The lowest BCUT2D eigenvalue weighted by Crippen LogP contribution is -2.21. The van der Waals surface area contributed by atoms with Gasteiger partial charge in [-0.1, -0.05) is 24.3 Å².